The Bertz CT molecular complexity index is 912. The Morgan fingerprint density at radius 3 is 2.62 bits per heavy atom. The molecule has 1 heterocycles. The molecule has 0 aromatic heterocycles. The van der Waals surface area contributed by atoms with Crippen LogP contribution in [-0.2, 0) is 19.1 Å². The highest BCUT2D eigenvalue weighted by molar-refractivity contribution is 6.00. The molecule has 2 aromatic rings. The molecule has 7 heteroatoms. The SMILES string of the molecule is CCOc1ccccc1NC(=O)COC(=O)[C@@H]1CC(=O)N(c2ccccc2C)C1. The summed E-state index contributed by atoms with van der Waals surface area (Å²) in [7, 11) is 0. The molecule has 0 saturated carbocycles. The van der Waals surface area contributed by atoms with Crippen LogP contribution in [0, 0.1) is 12.8 Å². The zero-order valence-electron chi connectivity index (χ0n) is 16.5. The molecule has 2 aromatic carbocycles. The van der Waals surface area contributed by atoms with Gasteiger partial charge >= 0.3 is 5.97 Å². The number of nitrogens with zero attached hydrogens (tertiary/aromatic N) is 1. The maximum absolute atomic E-state index is 12.4. The molecule has 2 amide bonds. The van der Waals surface area contributed by atoms with E-state index in [0.29, 0.717) is 18.0 Å². The van der Waals surface area contributed by atoms with Crippen LogP contribution in [0.4, 0.5) is 11.4 Å². The molecule has 0 unspecified atom stereocenters. The van der Waals surface area contributed by atoms with Crippen LogP contribution in [0.5, 0.6) is 5.75 Å². The fourth-order valence-corrected chi connectivity index (χ4v) is 3.26. The number of hydrogen-bond acceptors (Lipinski definition) is 5. The van der Waals surface area contributed by atoms with E-state index in [0.717, 1.165) is 11.3 Å². The molecular formula is C22H24N2O5. The molecule has 29 heavy (non-hydrogen) atoms. The summed E-state index contributed by atoms with van der Waals surface area (Å²) < 4.78 is 10.6. The third-order valence-electron chi connectivity index (χ3n) is 4.67. The predicted molar refractivity (Wildman–Crippen MR) is 109 cm³/mol. The molecule has 1 aliphatic heterocycles. The smallest absolute Gasteiger partial charge is 0.311 e. The van der Waals surface area contributed by atoms with Gasteiger partial charge in [-0.3, -0.25) is 14.4 Å². The molecule has 3 rings (SSSR count). The molecule has 7 nitrogen and oxygen atoms in total. The second kappa shape index (κ2) is 9.23. The highest BCUT2D eigenvalue weighted by atomic mass is 16.5. The Balaban J connectivity index is 1.54. The van der Waals surface area contributed by atoms with Gasteiger partial charge < -0.3 is 19.7 Å². The number of para-hydroxylation sites is 3. The van der Waals surface area contributed by atoms with Crippen LogP contribution in [0.1, 0.15) is 18.9 Å². The highest BCUT2D eigenvalue weighted by Gasteiger charge is 2.36. The molecule has 1 N–H and O–H groups in total. The molecule has 0 spiro atoms. The number of hydrogen-bond donors (Lipinski definition) is 1. The van der Waals surface area contributed by atoms with Crippen molar-refractivity contribution in [2.24, 2.45) is 5.92 Å². The minimum atomic E-state index is -0.592. The van der Waals surface area contributed by atoms with E-state index >= 15 is 0 Å². The first-order valence-corrected chi connectivity index (χ1v) is 9.54. The lowest BCUT2D eigenvalue weighted by molar-refractivity contribution is -0.151. The van der Waals surface area contributed by atoms with Gasteiger partial charge in [0.05, 0.1) is 18.2 Å². The summed E-state index contributed by atoms with van der Waals surface area (Å²) >= 11 is 0. The van der Waals surface area contributed by atoms with Crippen molar-refractivity contribution in [3.05, 3.63) is 54.1 Å². The minimum absolute atomic E-state index is 0.0714. The van der Waals surface area contributed by atoms with Crippen molar-refractivity contribution in [2.45, 2.75) is 20.3 Å². The van der Waals surface area contributed by atoms with Gasteiger partial charge in [-0.15, -0.1) is 0 Å². The van der Waals surface area contributed by atoms with Gasteiger partial charge in [0.25, 0.3) is 5.91 Å². The van der Waals surface area contributed by atoms with E-state index in [9.17, 15) is 14.4 Å². The first kappa shape index (κ1) is 20.4. The number of nitrogens with one attached hydrogen (secondary N) is 1. The lowest BCUT2D eigenvalue weighted by Gasteiger charge is -2.18. The number of esters is 1. The number of carbonyl (C=O) groups excluding carboxylic acids is 3. The van der Waals surface area contributed by atoms with Gasteiger partial charge in [-0.25, -0.2) is 0 Å². The van der Waals surface area contributed by atoms with Crippen LogP contribution >= 0.6 is 0 Å². The fraction of sp³-hybridized carbons (Fsp3) is 0.318. The highest BCUT2D eigenvalue weighted by Crippen LogP contribution is 2.28. The number of anilines is 2. The predicted octanol–water partition coefficient (Wildman–Crippen LogP) is 2.93. The van der Waals surface area contributed by atoms with Crippen molar-refractivity contribution in [1.29, 1.82) is 0 Å². The average Bonchev–Trinajstić information content (AvgIpc) is 3.10. The van der Waals surface area contributed by atoms with E-state index in [1.54, 1.807) is 29.2 Å². The standard InChI is InChI=1S/C22H24N2O5/c1-3-28-19-11-7-5-9-17(19)23-20(25)14-29-22(27)16-12-21(26)24(13-16)18-10-6-4-8-15(18)2/h4-11,16H,3,12-14H2,1-2H3,(H,23,25)/t16-/m1/s1. The Morgan fingerprint density at radius 1 is 1.14 bits per heavy atom. The first-order valence-electron chi connectivity index (χ1n) is 9.54. The summed E-state index contributed by atoms with van der Waals surface area (Å²) in [5.74, 6) is -1.19. The third-order valence-corrected chi connectivity index (χ3v) is 4.67. The number of aryl methyl sites for hydroxylation is 1. The molecule has 1 saturated heterocycles. The number of amides is 2. The number of carbonyl (C=O) groups is 3. The van der Waals surface area contributed by atoms with E-state index in [4.69, 9.17) is 9.47 Å². The lowest BCUT2D eigenvalue weighted by atomic mass is 10.1. The quantitative estimate of drug-likeness (QED) is 0.728. The zero-order chi connectivity index (χ0) is 20.8. The van der Waals surface area contributed by atoms with Gasteiger partial charge in [0.15, 0.2) is 6.61 Å². The summed E-state index contributed by atoms with van der Waals surface area (Å²) in [6.07, 6.45) is 0.0714. The van der Waals surface area contributed by atoms with Crippen molar-refractivity contribution in [3.63, 3.8) is 0 Å². The molecule has 0 radical (unpaired) electrons. The van der Waals surface area contributed by atoms with Crippen molar-refractivity contribution in [2.75, 3.05) is 30.0 Å². The zero-order valence-corrected chi connectivity index (χ0v) is 16.5. The van der Waals surface area contributed by atoms with Crippen LogP contribution < -0.4 is 15.0 Å². The van der Waals surface area contributed by atoms with E-state index < -0.39 is 24.4 Å². The maximum Gasteiger partial charge on any atom is 0.311 e. The summed E-state index contributed by atoms with van der Waals surface area (Å²) in [6.45, 7) is 4.06. The largest absolute Gasteiger partial charge is 0.492 e. The van der Waals surface area contributed by atoms with Crippen molar-refractivity contribution in [3.8, 4) is 5.75 Å². The topological polar surface area (TPSA) is 84.9 Å². The van der Waals surface area contributed by atoms with Crippen molar-refractivity contribution < 1.29 is 23.9 Å². The molecular weight excluding hydrogens is 372 g/mol. The molecule has 0 aliphatic carbocycles. The molecule has 1 fully saturated rings. The summed E-state index contributed by atoms with van der Waals surface area (Å²) in [5.41, 5.74) is 2.26. The monoisotopic (exact) mass is 396 g/mol. The van der Waals surface area contributed by atoms with Gasteiger partial charge in [0.2, 0.25) is 5.91 Å². The van der Waals surface area contributed by atoms with Crippen LogP contribution in [-0.4, -0.2) is 37.5 Å². The summed E-state index contributed by atoms with van der Waals surface area (Å²) in [4.78, 5) is 38.5. The van der Waals surface area contributed by atoms with E-state index in [1.807, 2.05) is 38.1 Å². The normalized spacial score (nSPS) is 15.9. The number of rotatable bonds is 7. The lowest BCUT2D eigenvalue weighted by Crippen LogP contribution is -2.28. The van der Waals surface area contributed by atoms with Gasteiger partial charge in [0.1, 0.15) is 5.75 Å². The second-order valence-electron chi connectivity index (χ2n) is 6.78. The van der Waals surface area contributed by atoms with E-state index in [2.05, 4.69) is 5.32 Å². The minimum Gasteiger partial charge on any atom is -0.492 e. The van der Waals surface area contributed by atoms with Crippen molar-refractivity contribution in [1.82, 2.24) is 0 Å². The van der Waals surface area contributed by atoms with Gasteiger partial charge in [-0.2, -0.15) is 0 Å². The molecule has 0 bridgehead atoms. The van der Waals surface area contributed by atoms with Gasteiger partial charge in [-0.05, 0) is 37.6 Å². The van der Waals surface area contributed by atoms with E-state index in [1.165, 1.54) is 0 Å². The first-order chi connectivity index (χ1) is 14.0. The fourth-order valence-electron chi connectivity index (χ4n) is 3.26. The van der Waals surface area contributed by atoms with Crippen molar-refractivity contribution >= 4 is 29.2 Å². The molecule has 152 valence electrons. The van der Waals surface area contributed by atoms with Crippen LogP contribution in [0.15, 0.2) is 48.5 Å². The second-order valence-corrected chi connectivity index (χ2v) is 6.78. The van der Waals surface area contributed by atoms with E-state index in [-0.39, 0.29) is 18.9 Å². The average molecular weight is 396 g/mol. The summed E-state index contributed by atoms with van der Waals surface area (Å²) in [6, 6.07) is 14.5. The molecule has 1 atom stereocenters. The number of ether oxygens (including phenoxy) is 2. The molecule has 1 aliphatic rings. The van der Waals surface area contributed by atoms with Crippen LogP contribution in [0.2, 0.25) is 0 Å². The Kier molecular flexibility index (Phi) is 6.49. The van der Waals surface area contributed by atoms with Gasteiger partial charge in [0, 0.05) is 18.7 Å². The maximum atomic E-state index is 12.4. The van der Waals surface area contributed by atoms with Crippen LogP contribution in [0.25, 0.3) is 0 Å². The Hall–Kier alpha value is -3.35. The Morgan fingerprint density at radius 2 is 1.86 bits per heavy atom. The Labute approximate surface area is 169 Å². The third kappa shape index (κ3) is 4.93. The number of benzene rings is 2. The summed E-state index contributed by atoms with van der Waals surface area (Å²) in [5, 5.41) is 2.67. The van der Waals surface area contributed by atoms with Gasteiger partial charge in [-0.1, -0.05) is 30.3 Å². The van der Waals surface area contributed by atoms with Crippen LogP contribution in [0.3, 0.4) is 0 Å².